The molecule has 1 aromatic heterocycles. The van der Waals surface area contributed by atoms with E-state index in [1.807, 2.05) is 18.2 Å². The van der Waals surface area contributed by atoms with Crippen molar-refractivity contribution in [3.63, 3.8) is 0 Å². The van der Waals surface area contributed by atoms with Crippen LogP contribution in [-0.2, 0) is 11.2 Å². The van der Waals surface area contributed by atoms with Gasteiger partial charge in [-0.1, -0.05) is 24.6 Å². The lowest BCUT2D eigenvalue weighted by molar-refractivity contribution is -0.114. The summed E-state index contributed by atoms with van der Waals surface area (Å²) in [4.78, 5) is 22.3. The minimum absolute atomic E-state index is 0.0364. The first-order valence-corrected chi connectivity index (χ1v) is 12.1. The summed E-state index contributed by atoms with van der Waals surface area (Å²) in [6.45, 7) is 2.06. The number of Topliss-reactive ketones (excluding diaryl/α,β-unsaturated/α-hetero) is 1. The van der Waals surface area contributed by atoms with Gasteiger partial charge in [0.2, 0.25) is 5.88 Å². The van der Waals surface area contributed by atoms with Crippen LogP contribution in [0.2, 0.25) is 5.02 Å². The highest BCUT2D eigenvalue weighted by Gasteiger charge is 2.31. The number of rotatable bonds is 4. The summed E-state index contributed by atoms with van der Waals surface area (Å²) in [7, 11) is 0. The number of benzene rings is 2. The van der Waals surface area contributed by atoms with Crippen LogP contribution in [0.4, 0.5) is 0 Å². The second-order valence-corrected chi connectivity index (χ2v) is 9.59. The lowest BCUT2D eigenvalue weighted by atomic mass is 9.79. The molecule has 1 N–H and O–H groups in total. The van der Waals surface area contributed by atoms with Crippen molar-refractivity contribution in [2.75, 3.05) is 0 Å². The zero-order chi connectivity index (χ0) is 22.9. The van der Waals surface area contributed by atoms with E-state index in [1.54, 1.807) is 24.4 Å². The Balaban J connectivity index is 1.51. The van der Waals surface area contributed by atoms with Crippen LogP contribution < -0.4 is 4.74 Å². The number of ketones is 1. The Hall–Kier alpha value is -2.92. The average Bonchev–Trinajstić information content (AvgIpc) is 2.90. The van der Waals surface area contributed by atoms with E-state index < -0.39 is 0 Å². The number of aromatic nitrogens is 2. The second-order valence-electron chi connectivity index (χ2n) is 9.16. The van der Waals surface area contributed by atoms with Gasteiger partial charge in [0.1, 0.15) is 11.5 Å². The fourth-order valence-electron chi connectivity index (χ4n) is 5.14. The van der Waals surface area contributed by atoms with Gasteiger partial charge in [0.15, 0.2) is 5.78 Å². The SMILES string of the molecule is CCc1ccc(Oc2cnc3cc(Cl)ccc3n2)cc1C1=C(O)CC2CCC(CC2)CC1=O. The van der Waals surface area contributed by atoms with E-state index >= 15 is 0 Å². The fraction of sp³-hybridized carbons (Fsp3) is 0.370. The van der Waals surface area contributed by atoms with E-state index in [0.29, 0.717) is 57.9 Å². The zero-order valence-electron chi connectivity index (χ0n) is 18.7. The Labute approximate surface area is 198 Å². The largest absolute Gasteiger partial charge is 0.512 e. The Kier molecular flexibility index (Phi) is 6.07. The van der Waals surface area contributed by atoms with Gasteiger partial charge in [-0.05, 0) is 85.4 Å². The van der Waals surface area contributed by atoms with E-state index in [1.165, 1.54) is 0 Å². The molecule has 1 heterocycles. The van der Waals surface area contributed by atoms with Gasteiger partial charge in [-0.2, -0.15) is 0 Å². The van der Waals surface area contributed by atoms with Crippen molar-refractivity contribution in [2.45, 2.75) is 51.9 Å². The molecule has 2 bridgehead atoms. The van der Waals surface area contributed by atoms with Crippen LogP contribution in [0.1, 0.15) is 56.6 Å². The molecule has 0 saturated heterocycles. The van der Waals surface area contributed by atoms with Gasteiger partial charge in [-0.15, -0.1) is 0 Å². The van der Waals surface area contributed by atoms with Gasteiger partial charge in [0, 0.05) is 17.9 Å². The molecule has 6 heteroatoms. The third-order valence-electron chi connectivity index (χ3n) is 6.93. The molecule has 0 radical (unpaired) electrons. The van der Waals surface area contributed by atoms with Gasteiger partial charge in [-0.25, -0.2) is 9.97 Å². The molecule has 1 fully saturated rings. The molecule has 2 aromatic carbocycles. The van der Waals surface area contributed by atoms with Crippen molar-refractivity contribution >= 4 is 34.0 Å². The number of nitrogens with zero attached hydrogens (tertiary/aromatic N) is 2. The number of halogens is 1. The number of hydrogen-bond acceptors (Lipinski definition) is 5. The lowest BCUT2D eigenvalue weighted by Gasteiger charge is -2.26. The molecule has 5 nitrogen and oxygen atoms in total. The predicted octanol–water partition coefficient (Wildman–Crippen LogP) is 7.08. The van der Waals surface area contributed by atoms with Crippen molar-refractivity contribution < 1.29 is 14.6 Å². The maximum atomic E-state index is 13.3. The lowest BCUT2D eigenvalue weighted by Crippen LogP contribution is -2.15. The molecule has 0 spiro atoms. The van der Waals surface area contributed by atoms with E-state index in [0.717, 1.165) is 43.2 Å². The Morgan fingerprint density at radius 1 is 1.03 bits per heavy atom. The first kappa shape index (κ1) is 21.9. The summed E-state index contributed by atoms with van der Waals surface area (Å²) in [5, 5.41) is 11.7. The molecular weight excluding hydrogens is 436 g/mol. The minimum Gasteiger partial charge on any atom is -0.512 e. The number of aliphatic hydroxyl groups is 1. The Bertz CT molecular complexity index is 1250. The molecular formula is C27H27ClN2O3. The van der Waals surface area contributed by atoms with Crippen LogP contribution >= 0.6 is 11.6 Å². The number of ether oxygens (including phenoxy) is 1. The average molecular weight is 463 g/mol. The minimum atomic E-state index is 0.0364. The van der Waals surface area contributed by atoms with Crippen molar-refractivity contribution in [3.8, 4) is 11.6 Å². The summed E-state index contributed by atoms with van der Waals surface area (Å²) in [5.41, 5.74) is 3.63. The number of fused-ring (bicyclic) bond motifs is 6. The molecule has 33 heavy (non-hydrogen) atoms. The summed E-state index contributed by atoms with van der Waals surface area (Å²) in [6.07, 6.45) is 7.71. The number of allylic oxidation sites excluding steroid dienone is 2. The van der Waals surface area contributed by atoms with Crippen LogP contribution in [0.25, 0.3) is 16.6 Å². The van der Waals surface area contributed by atoms with Crippen LogP contribution in [0.5, 0.6) is 11.6 Å². The summed E-state index contributed by atoms with van der Waals surface area (Å²) in [6, 6.07) is 11.0. The van der Waals surface area contributed by atoms with Crippen molar-refractivity contribution in [1.82, 2.24) is 9.97 Å². The maximum absolute atomic E-state index is 13.3. The highest BCUT2D eigenvalue weighted by atomic mass is 35.5. The summed E-state index contributed by atoms with van der Waals surface area (Å²) in [5.74, 6) is 2.04. The quantitative estimate of drug-likeness (QED) is 0.448. The van der Waals surface area contributed by atoms with Crippen molar-refractivity contribution in [3.05, 3.63) is 64.5 Å². The van der Waals surface area contributed by atoms with Crippen LogP contribution in [0.15, 0.2) is 48.4 Å². The van der Waals surface area contributed by atoms with Gasteiger partial charge < -0.3 is 9.84 Å². The zero-order valence-corrected chi connectivity index (χ0v) is 19.4. The molecule has 0 amide bonds. The topological polar surface area (TPSA) is 72.3 Å². The number of hydrogen-bond donors (Lipinski definition) is 1. The first-order valence-electron chi connectivity index (χ1n) is 11.7. The van der Waals surface area contributed by atoms with E-state index in [4.69, 9.17) is 16.3 Å². The molecule has 1 saturated carbocycles. The molecule has 170 valence electrons. The molecule has 3 aromatic rings. The number of carbonyl (C=O) groups excluding carboxylic acids is 1. The molecule has 3 aliphatic rings. The number of carbonyl (C=O) groups is 1. The summed E-state index contributed by atoms with van der Waals surface area (Å²) >= 11 is 6.03. The van der Waals surface area contributed by atoms with Crippen molar-refractivity contribution in [2.24, 2.45) is 11.8 Å². The van der Waals surface area contributed by atoms with Gasteiger partial charge >= 0.3 is 0 Å². The third kappa shape index (κ3) is 4.60. The molecule has 0 unspecified atom stereocenters. The molecule has 3 aliphatic carbocycles. The van der Waals surface area contributed by atoms with E-state index in [9.17, 15) is 9.90 Å². The Morgan fingerprint density at radius 3 is 2.55 bits per heavy atom. The Morgan fingerprint density at radius 2 is 1.79 bits per heavy atom. The van der Waals surface area contributed by atoms with Gasteiger partial charge in [-0.3, -0.25) is 4.79 Å². The third-order valence-corrected chi connectivity index (χ3v) is 7.16. The predicted molar refractivity (Wildman–Crippen MR) is 130 cm³/mol. The highest BCUT2D eigenvalue weighted by molar-refractivity contribution is 6.31. The molecule has 6 rings (SSSR count). The van der Waals surface area contributed by atoms with Crippen LogP contribution in [-0.4, -0.2) is 20.9 Å². The van der Waals surface area contributed by atoms with E-state index in [-0.39, 0.29) is 11.5 Å². The van der Waals surface area contributed by atoms with Gasteiger partial charge in [0.25, 0.3) is 0 Å². The highest BCUT2D eigenvalue weighted by Crippen LogP contribution is 2.40. The fourth-order valence-corrected chi connectivity index (χ4v) is 5.31. The van der Waals surface area contributed by atoms with E-state index in [2.05, 4.69) is 16.9 Å². The smallest absolute Gasteiger partial charge is 0.238 e. The molecule has 0 atom stereocenters. The van der Waals surface area contributed by atoms with Gasteiger partial charge in [0.05, 0.1) is 22.8 Å². The maximum Gasteiger partial charge on any atom is 0.238 e. The number of aryl methyl sites for hydroxylation is 1. The van der Waals surface area contributed by atoms with Crippen molar-refractivity contribution in [1.29, 1.82) is 0 Å². The molecule has 0 aliphatic heterocycles. The standard InChI is InChI=1S/C27H27ClN2O3/c1-2-18-7-9-20(33-26-15-29-23-13-19(28)8-10-22(23)30-26)14-21(18)27-24(31)11-16-3-4-17(6-5-16)12-25(27)32/h7-10,13-17,31H,2-6,11-12H2,1H3. The first-order chi connectivity index (χ1) is 16.0. The van der Waals surface area contributed by atoms with Crippen LogP contribution in [0, 0.1) is 11.8 Å². The number of aliphatic hydroxyl groups excluding tert-OH is 1. The second kappa shape index (κ2) is 9.14. The van der Waals surface area contributed by atoms with Crippen LogP contribution in [0.3, 0.4) is 0 Å². The monoisotopic (exact) mass is 462 g/mol. The normalized spacial score (nSPS) is 21.1. The summed E-state index contributed by atoms with van der Waals surface area (Å²) < 4.78 is 6.03.